The summed E-state index contributed by atoms with van der Waals surface area (Å²) in [4.78, 5) is 28.7. The zero-order valence-electron chi connectivity index (χ0n) is 15.0. The van der Waals surface area contributed by atoms with E-state index >= 15 is 0 Å². The minimum atomic E-state index is -0.298. The average molecular weight is 339 g/mol. The van der Waals surface area contributed by atoms with Crippen molar-refractivity contribution >= 4 is 11.8 Å². The van der Waals surface area contributed by atoms with Gasteiger partial charge in [-0.25, -0.2) is 0 Å². The third kappa shape index (κ3) is 5.71. The number of carbonyl (C=O) groups excluding carboxylic acids is 2. The molecule has 1 aromatic heterocycles. The van der Waals surface area contributed by atoms with Crippen LogP contribution in [0.4, 0.5) is 0 Å². The van der Waals surface area contributed by atoms with Crippen LogP contribution in [0.25, 0.3) is 0 Å². The first-order valence-corrected chi connectivity index (χ1v) is 8.57. The summed E-state index contributed by atoms with van der Waals surface area (Å²) in [5.41, 5.74) is 1.69. The SMILES string of the molecule is CC(C)CCNC(=O)c1ccnc(C(=O)NC(C)c2ccccc2)c1. The Morgan fingerprint density at radius 1 is 1.04 bits per heavy atom. The van der Waals surface area contributed by atoms with Gasteiger partial charge < -0.3 is 10.6 Å². The summed E-state index contributed by atoms with van der Waals surface area (Å²) < 4.78 is 0. The normalized spacial score (nSPS) is 11.8. The molecule has 0 aliphatic heterocycles. The van der Waals surface area contributed by atoms with E-state index in [0.29, 0.717) is 18.0 Å². The van der Waals surface area contributed by atoms with Gasteiger partial charge in [0.2, 0.25) is 0 Å². The molecular weight excluding hydrogens is 314 g/mol. The maximum absolute atomic E-state index is 12.4. The van der Waals surface area contributed by atoms with Crippen molar-refractivity contribution in [1.29, 1.82) is 0 Å². The predicted molar refractivity (Wildman–Crippen MR) is 98.3 cm³/mol. The largest absolute Gasteiger partial charge is 0.352 e. The number of nitrogens with zero attached hydrogens (tertiary/aromatic N) is 1. The minimum absolute atomic E-state index is 0.140. The lowest BCUT2D eigenvalue weighted by molar-refractivity contribution is 0.0935. The molecule has 5 nitrogen and oxygen atoms in total. The van der Waals surface area contributed by atoms with E-state index in [1.165, 1.54) is 12.3 Å². The van der Waals surface area contributed by atoms with Crippen molar-refractivity contribution in [1.82, 2.24) is 15.6 Å². The number of hydrogen-bond acceptors (Lipinski definition) is 3. The van der Waals surface area contributed by atoms with E-state index in [1.807, 2.05) is 37.3 Å². The van der Waals surface area contributed by atoms with Gasteiger partial charge in [-0.2, -0.15) is 0 Å². The van der Waals surface area contributed by atoms with Crippen molar-refractivity contribution < 1.29 is 9.59 Å². The Balaban J connectivity index is 2.00. The molecule has 132 valence electrons. The zero-order chi connectivity index (χ0) is 18.2. The van der Waals surface area contributed by atoms with Gasteiger partial charge in [0, 0.05) is 18.3 Å². The second kappa shape index (κ2) is 8.97. The molecule has 2 N–H and O–H groups in total. The van der Waals surface area contributed by atoms with Crippen molar-refractivity contribution in [3.63, 3.8) is 0 Å². The molecule has 0 spiro atoms. The van der Waals surface area contributed by atoms with Crippen molar-refractivity contribution in [2.75, 3.05) is 6.54 Å². The van der Waals surface area contributed by atoms with Gasteiger partial charge >= 0.3 is 0 Å². The Bertz CT molecular complexity index is 714. The second-order valence-corrected chi connectivity index (χ2v) is 6.47. The summed E-state index contributed by atoms with van der Waals surface area (Å²) in [6.45, 7) is 6.74. The molecule has 25 heavy (non-hydrogen) atoms. The molecule has 1 atom stereocenters. The number of pyridine rings is 1. The van der Waals surface area contributed by atoms with Crippen LogP contribution in [-0.4, -0.2) is 23.3 Å². The highest BCUT2D eigenvalue weighted by Crippen LogP contribution is 2.12. The standard InChI is InChI=1S/C20H25N3O2/c1-14(2)9-11-22-19(24)17-10-12-21-18(13-17)20(25)23-15(3)16-7-5-4-6-8-16/h4-8,10,12-15H,9,11H2,1-3H3,(H,22,24)(H,23,25). The lowest BCUT2D eigenvalue weighted by atomic mass is 10.1. The highest BCUT2D eigenvalue weighted by atomic mass is 16.2. The van der Waals surface area contributed by atoms with Crippen LogP contribution in [0.5, 0.6) is 0 Å². The molecule has 2 amide bonds. The molecule has 1 heterocycles. The fourth-order valence-electron chi connectivity index (χ4n) is 2.37. The Morgan fingerprint density at radius 3 is 2.44 bits per heavy atom. The Labute approximate surface area is 148 Å². The van der Waals surface area contributed by atoms with Crippen LogP contribution >= 0.6 is 0 Å². The summed E-state index contributed by atoms with van der Waals surface area (Å²) >= 11 is 0. The van der Waals surface area contributed by atoms with Gasteiger partial charge in [0.15, 0.2) is 0 Å². The molecule has 2 rings (SSSR count). The van der Waals surface area contributed by atoms with Crippen molar-refractivity contribution in [3.8, 4) is 0 Å². The van der Waals surface area contributed by atoms with Crippen molar-refractivity contribution in [2.45, 2.75) is 33.2 Å². The molecule has 0 fully saturated rings. The number of nitrogens with one attached hydrogen (secondary N) is 2. The highest BCUT2D eigenvalue weighted by Gasteiger charge is 2.14. The molecule has 0 aliphatic rings. The maximum Gasteiger partial charge on any atom is 0.270 e. The smallest absolute Gasteiger partial charge is 0.270 e. The van der Waals surface area contributed by atoms with Crippen molar-refractivity contribution in [3.05, 3.63) is 65.5 Å². The number of benzene rings is 1. The van der Waals surface area contributed by atoms with E-state index in [0.717, 1.165) is 12.0 Å². The molecule has 0 bridgehead atoms. The topological polar surface area (TPSA) is 71.1 Å². The molecule has 0 saturated heterocycles. The van der Waals surface area contributed by atoms with Crippen molar-refractivity contribution in [2.24, 2.45) is 5.92 Å². The lowest BCUT2D eigenvalue weighted by Crippen LogP contribution is -2.29. The van der Waals surface area contributed by atoms with Gasteiger partial charge in [0.1, 0.15) is 5.69 Å². The summed E-state index contributed by atoms with van der Waals surface area (Å²) in [7, 11) is 0. The number of hydrogen-bond donors (Lipinski definition) is 2. The molecule has 1 unspecified atom stereocenters. The average Bonchev–Trinajstić information content (AvgIpc) is 2.62. The lowest BCUT2D eigenvalue weighted by Gasteiger charge is -2.14. The van der Waals surface area contributed by atoms with E-state index in [-0.39, 0.29) is 23.6 Å². The van der Waals surface area contributed by atoms with Crippen LogP contribution < -0.4 is 10.6 Å². The fraction of sp³-hybridized carbons (Fsp3) is 0.350. The molecule has 0 radical (unpaired) electrons. The molecule has 0 aliphatic carbocycles. The van der Waals surface area contributed by atoms with Crippen LogP contribution in [0.3, 0.4) is 0 Å². The third-order valence-electron chi connectivity index (χ3n) is 3.91. The van der Waals surface area contributed by atoms with E-state index in [9.17, 15) is 9.59 Å². The van der Waals surface area contributed by atoms with Gasteiger partial charge in [-0.05, 0) is 37.0 Å². The summed E-state index contributed by atoms with van der Waals surface area (Å²) in [5, 5.41) is 5.77. The molecule has 2 aromatic rings. The van der Waals surface area contributed by atoms with Crippen LogP contribution in [0.15, 0.2) is 48.7 Å². The van der Waals surface area contributed by atoms with Crippen LogP contribution in [0.2, 0.25) is 0 Å². The summed E-state index contributed by atoms with van der Waals surface area (Å²) in [5.74, 6) is 0.0416. The molecule has 0 saturated carbocycles. The summed E-state index contributed by atoms with van der Waals surface area (Å²) in [6, 6.07) is 12.7. The fourth-order valence-corrected chi connectivity index (χ4v) is 2.37. The monoisotopic (exact) mass is 339 g/mol. The zero-order valence-corrected chi connectivity index (χ0v) is 15.0. The molecule has 5 heteroatoms. The van der Waals surface area contributed by atoms with Gasteiger partial charge in [-0.3, -0.25) is 14.6 Å². The van der Waals surface area contributed by atoms with Crippen LogP contribution in [0, 0.1) is 5.92 Å². The van der Waals surface area contributed by atoms with Gasteiger partial charge in [-0.1, -0.05) is 44.2 Å². The van der Waals surface area contributed by atoms with E-state index in [1.54, 1.807) is 6.07 Å². The first-order chi connectivity index (χ1) is 12.0. The van der Waals surface area contributed by atoms with E-state index < -0.39 is 0 Å². The van der Waals surface area contributed by atoms with Gasteiger partial charge in [0.05, 0.1) is 6.04 Å². The minimum Gasteiger partial charge on any atom is -0.352 e. The molecular formula is C20H25N3O2. The number of carbonyl (C=O) groups is 2. The third-order valence-corrected chi connectivity index (χ3v) is 3.91. The predicted octanol–water partition coefficient (Wildman–Crippen LogP) is 3.35. The Kier molecular flexibility index (Phi) is 6.69. The quantitative estimate of drug-likeness (QED) is 0.812. The van der Waals surface area contributed by atoms with E-state index in [4.69, 9.17) is 0 Å². The highest BCUT2D eigenvalue weighted by molar-refractivity contribution is 5.98. The number of aromatic nitrogens is 1. The van der Waals surface area contributed by atoms with Gasteiger partial charge in [0.25, 0.3) is 11.8 Å². The van der Waals surface area contributed by atoms with Gasteiger partial charge in [-0.15, -0.1) is 0 Å². The maximum atomic E-state index is 12.4. The van der Waals surface area contributed by atoms with Crippen LogP contribution in [-0.2, 0) is 0 Å². The van der Waals surface area contributed by atoms with Crippen LogP contribution in [0.1, 0.15) is 59.6 Å². The Hall–Kier alpha value is -2.69. The number of rotatable bonds is 7. The Morgan fingerprint density at radius 2 is 1.76 bits per heavy atom. The molecule has 1 aromatic carbocycles. The summed E-state index contributed by atoms with van der Waals surface area (Å²) in [6.07, 6.45) is 2.40. The first-order valence-electron chi connectivity index (χ1n) is 8.57. The van der Waals surface area contributed by atoms with E-state index in [2.05, 4.69) is 29.5 Å². The first kappa shape index (κ1) is 18.6. The second-order valence-electron chi connectivity index (χ2n) is 6.47. The number of amides is 2.